The summed E-state index contributed by atoms with van der Waals surface area (Å²) in [6.45, 7) is 0. The van der Waals surface area contributed by atoms with Crippen molar-refractivity contribution >= 4 is 9.84 Å². The van der Waals surface area contributed by atoms with Crippen LogP contribution in [-0.2, 0) is 9.84 Å². The number of aromatic nitrogens is 2. The fourth-order valence-electron chi connectivity index (χ4n) is 1.94. The summed E-state index contributed by atoms with van der Waals surface area (Å²) in [6.07, 6.45) is 3.22. The zero-order valence-electron chi connectivity index (χ0n) is 12.0. The van der Waals surface area contributed by atoms with Crippen molar-refractivity contribution in [3.05, 3.63) is 36.3 Å². The van der Waals surface area contributed by atoms with Gasteiger partial charge in [-0.25, -0.2) is 13.4 Å². The van der Waals surface area contributed by atoms with Crippen LogP contribution in [0.1, 0.15) is 18.3 Å². The van der Waals surface area contributed by atoms with E-state index in [2.05, 4.69) is 9.97 Å². The van der Waals surface area contributed by atoms with E-state index in [1.807, 2.05) is 24.3 Å². The van der Waals surface area contributed by atoms with Crippen LogP contribution in [0.3, 0.4) is 0 Å². The molecular formula is C14H19N3O3S. The minimum absolute atomic E-state index is 0.0450. The fraction of sp³-hybridized carbons (Fsp3) is 0.357. The van der Waals surface area contributed by atoms with Gasteiger partial charge in [-0.2, -0.15) is 0 Å². The molecule has 1 heterocycles. The highest BCUT2D eigenvalue weighted by molar-refractivity contribution is 7.90. The van der Waals surface area contributed by atoms with Crippen molar-refractivity contribution in [1.29, 1.82) is 0 Å². The molecule has 1 aromatic heterocycles. The topological polar surface area (TPSA) is 98.1 Å². The second-order valence-electron chi connectivity index (χ2n) is 4.94. The summed E-state index contributed by atoms with van der Waals surface area (Å²) in [5, 5.41) is 0. The van der Waals surface area contributed by atoms with Gasteiger partial charge in [-0.15, -0.1) is 0 Å². The average molecular weight is 309 g/mol. The first-order valence-electron chi connectivity index (χ1n) is 6.51. The number of methoxy groups -OCH3 is 1. The Bertz CT molecular complexity index is 710. The first-order valence-corrected chi connectivity index (χ1v) is 8.58. The largest absolute Gasteiger partial charge is 0.497 e. The first kappa shape index (κ1) is 15.5. The lowest BCUT2D eigenvalue weighted by molar-refractivity contribution is 0.415. The van der Waals surface area contributed by atoms with Gasteiger partial charge in [-0.1, -0.05) is 12.1 Å². The van der Waals surface area contributed by atoms with Gasteiger partial charge in [0.15, 0.2) is 0 Å². The monoisotopic (exact) mass is 309 g/mol. The van der Waals surface area contributed by atoms with E-state index in [0.717, 1.165) is 17.0 Å². The summed E-state index contributed by atoms with van der Waals surface area (Å²) in [7, 11) is -1.41. The smallest absolute Gasteiger partial charge is 0.147 e. The predicted octanol–water partition coefficient (Wildman–Crippen LogP) is 1.52. The Morgan fingerprint density at radius 3 is 2.86 bits per heavy atom. The highest BCUT2D eigenvalue weighted by atomic mass is 32.2. The van der Waals surface area contributed by atoms with Crippen LogP contribution < -0.4 is 10.5 Å². The third-order valence-corrected chi connectivity index (χ3v) is 4.10. The van der Waals surface area contributed by atoms with Crippen molar-refractivity contribution in [2.75, 3.05) is 19.1 Å². The van der Waals surface area contributed by atoms with Crippen LogP contribution in [0.15, 0.2) is 30.5 Å². The molecule has 1 atom stereocenters. The molecule has 0 aliphatic rings. The van der Waals surface area contributed by atoms with E-state index in [9.17, 15) is 8.42 Å². The maximum atomic E-state index is 11.2. The molecule has 7 heteroatoms. The van der Waals surface area contributed by atoms with Gasteiger partial charge >= 0.3 is 0 Å². The number of imidazole rings is 1. The van der Waals surface area contributed by atoms with Crippen molar-refractivity contribution in [2.45, 2.75) is 12.5 Å². The predicted molar refractivity (Wildman–Crippen MR) is 81.8 cm³/mol. The zero-order valence-corrected chi connectivity index (χ0v) is 12.9. The Balaban J connectivity index is 2.13. The number of nitrogens with zero attached hydrogens (tertiary/aromatic N) is 1. The number of sulfone groups is 1. The molecule has 0 radical (unpaired) electrons. The van der Waals surface area contributed by atoms with E-state index in [1.165, 1.54) is 6.26 Å². The number of benzene rings is 1. The van der Waals surface area contributed by atoms with Gasteiger partial charge in [0.2, 0.25) is 0 Å². The lowest BCUT2D eigenvalue weighted by Crippen LogP contribution is -2.16. The van der Waals surface area contributed by atoms with E-state index in [4.69, 9.17) is 10.5 Å². The number of H-pyrrole nitrogens is 1. The molecule has 21 heavy (non-hydrogen) atoms. The Kier molecular flexibility index (Phi) is 4.64. The number of hydrogen-bond acceptors (Lipinski definition) is 5. The Hall–Kier alpha value is -1.86. The second kappa shape index (κ2) is 6.28. The molecular weight excluding hydrogens is 290 g/mol. The molecule has 0 fully saturated rings. The molecule has 2 rings (SSSR count). The average Bonchev–Trinajstić information content (AvgIpc) is 2.94. The summed E-state index contributed by atoms with van der Waals surface area (Å²) >= 11 is 0. The van der Waals surface area contributed by atoms with Gasteiger partial charge in [0.05, 0.1) is 30.8 Å². The Morgan fingerprint density at radius 1 is 1.43 bits per heavy atom. The van der Waals surface area contributed by atoms with Crippen LogP contribution in [0.2, 0.25) is 0 Å². The molecule has 0 spiro atoms. The van der Waals surface area contributed by atoms with Crippen molar-refractivity contribution in [3.8, 4) is 17.0 Å². The summed E-state index contributed by atoms with van der Waals surface area (Å²) in [4.78, 5) is 7.36. The van der Waals surface area contributed by atoms with Crippen LogP contribution in [-0.4, -0.2) is 37.5 Å². The van der Waals surface area contributed by atoms with Crippen molar-refractivity contribution in [1.82, 2.24) is 9.97 Å². The van der Waals surface area contributed by atoms with E-state index in [1.54, 1.807) is 13.3 Å². The molecule has 1 aromatic carbocycles. The minimum Gasteiger partial charge on any atom is -0.497 e. The summed E-state index contributed by atoms with van der Waals surface area (Å²) in [6, 6.07) is 7.14. The highest BCUT2D eigenvalue weighted by Gasteiger charge is 2.14. The van der Waals surface area contributed by atoms with Crippen LogP contribution in [0.4, 0.5) is 0 Å². The van der Waals surface area contributed by atoms with Crippen LogP contribution in [0, 0.1) is 0 Å². The maximum Gasteiger partial charge on any atom is 0.147 e. The quantitative estimate of drug-likeness (QED) is 0.843. The van der Waals surface area contributed by atoms with Gasteiger partial charge in [-0.3, -0.25) is 0 Å². The SMILES string of the molecule is COc1cccc(-c2cnc(C(N)CCS(C)(=O)=O)[nH]2)c1. The third kappa shape index (κ3) is 4.30. The van der Waals surface area contributed by atoms with Crippen LogP contribution >= 0.6 is 0 Å². The summed E-state index contributed by atoms with van der Waals surface area (Å²) in [5.41, 5.74) is 7.72. The number of nitrogens with one attached hydrogen (secondary N) is 1. The minimum atomic E-state index is -3.02. The summed E-state index contributed by atoms with van der Waals surface area (Å²) < 4.78 is 27.5. The van der Waals surface area contributed by atoms with Crippen LogP contribution in [0.25, 0.3) is 11.3 Å². The van der Waals surface area contributed by atoms with E-state index in [-0.39, 0.29) is 5.75 Å². The van der Waals surface area contributed by atoms with Crippen LogP contribution in [0.5, 0.6) is 5.75 Å². The molecule has 0 aliphatic carbocycles. The lowest BCUT2D eigenvalue weighted by Gasteiger charge is -2.07. The van der Waals surface area contributed by atoms with Crippen molar-refractivity contribution in [3.63, 3.8) is 0 Å². The molecule has 114 valence electrons. The summed E-state index contributed by atoms with van der Waals surface area (Å²) in [5.74, 6) is 1.38. The normalized spacial score (nSPS) is 13.1. The molecule has 6 nitrogen and oxygen atoms in total. The zero-order chi connectivity index (χ0) is 15.5. The van der Waals surface area contributed by atoms with Gasteiger partial charge in [0.1, 0.15) is 21.4 Å². The molecule has 0 saturated heterocycles. The van der Waals surface area contributed by atoms with Crippen molar-refractivity contribution in [2.24, 2.45) is 5.73 Å². The number of rotatable bonds is 6. The molecule has 1 unspecified atom stereocenters. The molecule has 0 amide bonds. The van der Waals surface area contributed by atoms with E-state index < -0.39 is 15.9 Å². The van der Waals surface area contributed by atoms with Gasteiger partial charge in [0, 0.05) is 11.8 Å². The van der Waals surface area contributed by atoms with Gasteiger partial charge in [-0.05, 0) is 18.6 Å². The molecule has 0 bridgehead atoms. The standard InChI is InChI=1S/C14H19N3O3S/c1-20-11-5-3-4-10(8-11)13-9-16-14(17-13)12(15)6-7-21(2,18)19/h3-5,8-9,12H,6-7,15H2,1-2H3,(H,16,17). The molecule has 0 aliphatic heterocycles. The third-order valence-electron chi connectivity index (χ3n) is 3.13. The molecule has 3 N–H and O–H groups in total. The second-order valence-corrected chi connectivity index (χ2v) is 7.20. The van der Waals surface area contributed by atoms with Crippen molar-refractivity contribution < 1.29 is 13.2 Å². The van der Waals surface area contributed by atoms with E-state index in [0.29, 0.717) is 12.2 Å². The van der Waals surface area contributed by atoms with Gasteiger partial charge in [0.25, 0.3) is 0 Å². The fourth-order valence-corrected chi connectivity index (χ4v) is 2.62. The number of aromatic amines is 1. The van der Waals surface area contributed by atoms with E-state index >= 15 is 0 Å². The number of hydrogen-bond donors (Lipinski definition) is 2. The highest BCUT2D eigenvalue weighted by Crippen LogP contribution is 2.23. The van der Waals surface area contributed by atoms with Gasteiger partial charge < -0.3 is 15.5 Å². The number of nitrogens with two attached hydrogens (primary N) is 1. The maximum absolute atomic E-state index is 11.2. The first-order chi connectivity index (χ1) is 9.89. The molecule has 0 saturated carbocycles. The Morgan fingerprint density at radius 2 is 2.19 bits per heavy atom. The Labute approximate surface area is 124 Å². The molecule has 2 aromatic rings. The lowest BCUT2D eigenvalue weighted by atomic mass is 10.1. The number of ether oxygens (including phenoxy) is 1.